The zero-order chi connectivity index (χ0) is 25.4. The molecule has 1 amide bonds. The Hall–Kier alpha value is -3.28. The average Bonchev–Trinajstić information content (AvgIpc) is 2.83. The molecule has 1 unspecified atom stereocenters. The molecule has 3 rings (SSSR count). The molecule has 1 heterocycles. The second kappa shape index (κ2) is 11.9. The van der Waals surface area contributed by atoms with Gasteiger partial charge in [0.1, 0.15) is 5.75 Å². The topological polar surface area (TPSA) is 76.7 Å². The summed E-state index contributed by atoms with van der Waals surface area (Å²) < 4.78 is 10.8. The van der Waals surface area contributed by atoms with Crippen molar-refractivity contribution in [2.75, 3.05) is 19.0 Å². The van der Waals surface area contributed by atoms with Gasteiger partial charge >= 0.3 is 6.09 Å². The number of hydrogen-bond donors (Lipinski definition) is 2. The standard InChI is InChI=1S/C29H38N2O4/c1-6-8-9-20(7-2)19-35-28(33)30-23-13-10-21(11-14-23)27(32)17-26-25-16-24(34-5)15-12-22(25)18-29(3,4)31-26/h10-17,20,31H,6-9,18-19H2,1-5H3,(H,30,33)/b26-17-. The maximum Gasteiger partial charge on any atom is 0.411 e. The molecule has 188 valence electrons. The van der Waals surface area contributed by atoms with E-state index >= 15 is 0 Å². The fourth-order valence-electron chi connectivity index (χ4n) is 4.33. The van der Waals surface area contributed by atoms with Gasteiger partial charge in [0.05, 0.1) is 13.7 Å². The third-order valence-corrected chi connectivity index (χ3v) is 6.40. The molecule has 2 aromatic carbocycles. The molecule has 0 bridgehead atoms. The molecule has 1 aliphatic heterocycles. The van der Waals surface area contributed by atoms with Gasteiger partial charge in [-0.1, -0.05) is 39.2 Å². The van der Waals surface area contributed by atoms with Crippen LogP contribution in [0.1, 0.15) is 74.9 Å². The van der Waals surface area contributed by atoms with Crippen molar-refractivity contribution in [2.45, 2.75) is 65.3 Å². The molecule has 0 fully saturated rings. The van der Waals surface area contributed by atoms with Crippen LogP contribution in [0, 0.1) is 5.92 Å². The molecule has 0 spiro atoms. The summed E-state index contributed by atoms with van der Waals surface area (Å²) in [5.74, 6) is 1.02. The van der Waals surface area contributed by atoms with Crippen molar-refractivity contribution in [3.63, 3.8) is 0 Å². The van der Waals surface area contributed by atoms with E-state index in [1.807, 2.05) is 12.1 Å². The molecule has 0 saturated carbocycles. The Morgan fingerprint density at radius 1 is 1.14 bits per heavy atom. The minimum Gasteiger partial charge on any atom is -0.497 e. The van der Waals surface area contributed by atoms with Crippen LogP contribution in [-0.4, -0.2) is 31.1 Å². The Morgan fingerprint density at radius 3 is 2.54 bits per heavy atom. The number of unbranched alkanes of at least 4 members (excludes halogenated alkanes) is 1. The lowest BCUT2D eigenvalue weighted by Gasteiger charge is -2.35. The average molecular weight is 479 g/mol. The van der Waals surface area contributed by atoms with Crippen molar-refractivity contribution >= 4 is 23.3 Å². The predicted molar refractivity (Wildman–Crippen MR) is 141 cm³/mol. The Kier molecular flexibility index (Phi) is 8.96. The molecular formula is C29H38N2O4. The van der Waals surface area contributed by atoms with Crippen LogP contribution in [0.2, 0.25) is 0 Å². The summed E-state index contributed by atoms with van der Waals surface area (Å²) in [5, 5.41) is 6.24. The number of benzene rings is 2. The number of carbonyl (C=O) groups is 2. The zero-order valence-electron chi connectivity index (χ0n) is 21.6. The molecule has 1 aliphatic rings. The smallest absolute Gasteiger partial charge is 0.411 e. The minimum absolute atomic E-state index is 0.116. The molecule has 0 aromatic heterocycles. The number of amides is 1. The third-order valence-electron chi connectivity index (χ3n) is 6.40. The summed E-state index contributed by atoms with van der Waals surface area (Å²) in [4.78, 5) is 25.2. The number of allylic oxidation sites excluding steroid dienone is 1. The van der Waals surface area contributed by atoms with Crippen molar-refractivity contribution in [3.05, 3.63) is 65.2 Å². The summed E-state index contributed by atoms with van der Waals surface area (Å²) in [6.45, 7) is 8.93. The zero-order valence-corrected chi connectivity index (χ0v) is 21.6. The van der Waals surface area contributed by atoms with Crippen LogP contribution in [0.4, 0.5) is 10.5 Å². The first-order chi connectivity index (χ1) is 16.7. The Balaban J connectivity index is 1.67. The largest absolute Gasteiger partial charge is 0.497 e. The number of ketones is 1. The number of rotatable bonds is 10. The van der Waals surface area contributed by atoms with Crippen molar-refractivity contribution in [3.8, 4) is 5.75 Å². The molecule has 2 N–H and O–H groups in total. The number of nitrogens with one attached hydrogen (secondary N) is 2. The summed E-state index contributed by atoms with van der Waals surface area (Å²) >= 11 is 0. The maximum atomic E-state index is 13.1. The van der Waals surface area contributed by atoms with Crippen molar-refractivity contribution in [2.24, 2.45) is 5.92 Å². The van der Waals surface area contributed by atoms with E-state index in [0.29, 0.717) is 23.8 Å². The van der Waals surface area contributed by atoms with E-state index in [-0.39, 0.29) is 11.3 Å². The second-order valence-corrected chi connectivity index (χ2v) is 9.85. The molecule has 0 saturated heterocycles. The molecular weight excluding hydrogens is 440 g/mol. The van der Waals surface area contributed by atoms with E-state index < -0.39 is 6.09 Å². The quantitative estimate of drug-likeness (QED) is 0.297. The highest BCUT2D eigenvalue weighted by Crippen LogP contribution is 2.32. The van der Waals surface area contributed by atoms with Gasteiger partial charge in [-0.05, 0) is 74.6 Å². The maximum absolute atomic E-state index is 13.1. The molecule has 0 aliphatic carbocycles. The number of hydrogen-bond acceptors (Lipinski definition) is 5. The highest BCUT2D eigenvalue weighted by Gasteiger charge is 2.28. The van der Waals surface area contributed by atoms with Gasteiger partial charge < -0.3 is 14.8 Å². The highest BCUT2D eigenvalue weighted by molar-refractivity contribution is 6.09. The molecule has 1 atom stereocenters. The summed E-state index contributed by atoms with van der Waals surface area (Å²) in [5.41, 5.74) is 3.88. The van der Waals surface area contributed by atoms with Crippen LogP contribution in [-0.2, 0) is 11.2 Å². The van der Waals surface area contributed by atoms with Gasteiger partial charge in [-0.2, -0.15) is 0 Å². The predicted octanol–water partition coefficient (Wildman–Crippen LogP) is 6.61. The van der Waals surface area contributed by atoms with Gasteiger partial charge in [0.15, 0.2) is 5.78 Å². The first-order valence-corrected chi connectivity index (χ1v) is 12.5. The number of fused-ring (bicyclic) bond motifs is 1. The van der Waals surface area contributed by atoms with Gasteiger partial charge in [0.25, 0.3) is 0 Å². The monoisotopic (exact) mass is 478 g/mol. The van der Waals surface area contributed by atoms with Gasteiger partial charge in [-0.25, -0.2) is 4.79 Å². The van der Waals surface area contributed by atoms with E-state index in [2.05, 4.69) is 44.4 Å². The van der Waals surface area contributed by atoms with Crippen molar-refractivity contribution < 1.29 is 19.1 Å². The van der Waals surface area contributed by atoms with Crippen molar-refractivity contribution in [1.82, 2.24) is 5.32 Å². The van der Waals surface area contributed by atoms with Crippen LogP contribution < -0.4 is 15.4 Å². The van der Waals surface area contributed by atoms with E-state index in [9.17, 15) is 9.59 Å². The van der Waals surface area contributed by atoms with E-state index in [1.54, 1.807) is 37.5 Å². The molecule has 2 aromatic rings. The first-order valence-electron chi connectivity index (χ1n) is 12.5. The van der Waals surface area contributed by atoms with Crippen molar-refractivity contribution in [1.29, 1.82) is 0 Å². The molecule has 6 nitrogen and oxygen atoms in total. The normalized spacial score (nSPS) is 16.1. The summed E-state index contributed by atoms with van der Waals surface area (Å²) in [6.07, 6.45) is 6.35. The van der Waals surface area contributed by atoms with Gasteiger partial charge in [-0.3, -0.25) is 10.1 Å². The fraction of sp³-hybridized carbons (Fsp3) is 0.448. The molecule has 0 radical (unpaired) electrons. The highest BCUT2D eigenvalue weighted by atomic mass is 16.5. The van der Waals surface area contributed by atoms with Gasteiger partial charge in [-0.15, -0.1) is 0 Å². The van der Waals surface area contributed by atoms with Crippen LogP contribution in [0.5, 0.6) is 5.75 Å². The third kappa shape index (κ3) is 7.35. The number of anilines is 1. The van der Waals surface area contributed by atoms with E-state index in [0.717, 1.165) is 49.1 Å². The minimum atomic E-state index is -0.472. The fourth-order valence-corrected chi connectivity index (χ4v) is 4.33. The summed E-state index contributed by atoms with van der Waals surface area (Å²) in [6, 6.07) is 12.8. The van der Waals surface area contributed by atoms with Crippen LogP contribution in [0.15, 0.2) is 48.5 Å². The first kappa shape index (κ1) is 26.3. The van der Waals surface area contributed by atoms with E-state index in [4.69, 9.17) is 9.47 Å². The number of ether oxygens (including phenoxy) is 2. The Labute approximate surface area is 209 Å². The SMILES string of the molecule is CCCCC(CC)COC(=O)Nc1ccc(C(=O)/C=C2\NC(C)(C)Cc3ccc(OC)cc32)cc1. The molecule has 6 heteroatoms. The van der Waals surface area contributed by atoms with Gasteiger partial charge in [0.2, 0.25) is 0 Å². The number of carbonyl (C=O) groups excluding carboxylic acids is 2. The lowest BCUT2D eigenvalue weighted by molar-refractivity contribution is 0.104. The van der Waals surface area contributed by atoms with E-state index in [1.165, 1.54) is 5.56 Å². The van der Waals surface area contributed by atoms with Gasteiger partial charge in [0, 0.05) is 34.1 Å². The van der Waals surface area contributed by atoms with Crippen LogP contribution in [0.25, 0.3) is 5.70 Å². The van der Waals surface area contributed by atoms with Crippen LogP contribution >= 0.6 is 0 Å². The second-order valence-electron chi connectivity index (χ2n) is 9.85. The summed E-state index contributed by atoms with van der Waals surface area (Å²) in [7, 11) is 1.64. The number of methoxy groups -OCH3 is 1. The Bertz CT molecular complexity index is 1060. The molecule has 35 heavy (non-hydrogen) atoms. The van der Waals surface area contributed by atoms with Crippen LogP contribution in [0.3, 0.4) is 0 Å². The lowest BCUT2D eigenvalue weighted by atomic mass is 9.85. The lowest BCUT2D eigenvalue weighted by Crippen LogP contribution is -2.43. The Morgan fingerprint density at radius 2 is 1.89 bits per heavy atom.